The van der Waals surface area contributed by atoms with Crippen molar-refractivity contribution in [3.05, 3.63) is 35.4 Å². The first-order valence-corrected chi connectivity index (χ1v) is 6.06. The normalized spacial score (nSPS) is 17.7. The molecule has 2 rings (SSSR count). The smallest absolute Gasteiger partial charge is 0.0792 e. The fourth-order valence-electron chi connectivity index (χ4n) is 2.00. The van der Waals surface area contributed by atoms with Gasteiger partial charge in [-0.3, -0.25) is 0 Å². The molecule has 1 fully saturated rings. The SMILES string of the molecule is CCCc1ccc(C(O)CC2CC2)cc1. The highest BCUT2D eigenvalue weighted by Gasteiger charge is 2.24. The van der Waals surface area contributed by atoms with E-state index in [9.17, 15) is 5.11 Å². The minimum Gasteiger partial charge on any atom is -0.388 e. The maximum Gasteiger partial charge on any atom is 0.0792 e. The zero-order valence-corrected chi connectivity index (χ0v) is 9.45. The predicted octanol–water partition coefficient (Wildman–Crippen LogP) is 3.47. The Labute approximate surface area is 92.1 Å². The second kappa shape index (κ2) is 4.80. The lowest BCUT2D eigenvalue weighted by Crippen LogP contribution is -1.98. The standard InChI is InChI=1S/C14H20O/c1-2-3-11-6-8-13(9-7-11)14(15)10-12-4-5-12/h6-9,12,14-15H,2-5,10H2,1H3. The van der Waals surface area contributed by atoms with E-state index in [-0.39, 0.29) is 6.10 Å². The van der Waals surface area contributed by atoms with Crippen LogP contribution < -0.4 is 0 Å². The molecule has 1 heteroatoms. The largest absolute Gasteiger partial charge is 0.388 e. The molecule has 0 aromatic heterocycles. The molecule has 1 nitrogen and oxygen atoms in total. The summed E-state index contributed by atoms with van der Waals surface area (Å²) < 4.78 is 0. The zero-order valence-electron chi connectivity index (χ0n) is 9.45. The van der Waals surface area contributed by atoms with Crippen LogP contribution in [0.15, 0.2) is 24.3 Å². The first-order valence-electron chi connectivity index (χ1n) is 6.06. The second-order valence-electron chi connectivity index (χ2n) is 4.69. The van der Waals surface area contributed by atoms with Crippen molar-refractivity contribution in [2.24, 2.45) is 5.92 Å². The summed E-state index contributed by atoms with van der Waals surface area (Å²) in [5.74, 6) is 0.787. The van der Waals surface area contributed by atoms with E-state index in [1.165, 1.54) is 24.8 Å². The average Bonchev–Trinajstić information content (AvgIpc) is 3.03. The molecule has 0 amide bonds. The Morgan fingerprint density at radius 1 is 1.27 bits per heavy atom. The molecule has 1 N–H and O–H groups in total. The third kappa shape index (κ3) is 3.07. The van der Waals surface area contributed by atoms with Crippen LogP contribution in [0, 0.1) is 5.92 Å². The summed E-state index contributed by atoms with van der Waals surface area (Å²) >= 11 is 0. The molecular weight excluding hydrogens is 184 g/mol. The molecule has 1 unspecified atom stereocenters. The molecule has 0 spiro atoms. The lowest BCUT2D eigenvalue weighted by Gasteiger charge is -2.10. The van der Waals surface area contributed by atoms with Crippen molar-refractivity contribution in [2.75, 3.05) is 0 Å². The van der Waals surface area contributed by atoms with E-state index in [0.717, 1.165) is 24.3 Å². The summed E-state index contributed by atoms with van der Waals surface area (Å²) in [6, 6.07) is 8.46. The summed E-state index contributed by atoms with van der Waals surface area (Å²) in [6.45, 7) is 2.19. The molecule has 1 aliphatic rings. The highest BCUT2D eigenvalue weighted by Crippen LogP contribution is 2.37. The molecule has 0 bridgehead atoms. The van der Waals surface area contributed by atoms with E-state index < -0.39 is 0 Å². The molecule has 0 heterocycles. The van der Waals surface area contributed by atoms with E-state index in [2.05, 4.69) is 31.2 Å². The molecule has 0 aliphatic heterocycles. The Bertz CT molecular complexity index is 298. The van der Waals surface area contributed by atoms with Gasteiger partial charge in [0.25, 0.3) is 0 Å². The molecule has 0 radical (unpaired) electrons. The quantitative estimate of drug-likeness (QED) is 0.778. The molecule has 82 valence electrons. The fraction of sp³-hybridized carbons (Fsp3) is 0.571. The van der Waals surface area contributed by atoms with Crippen molar-refractivity contribution in [2.45, 2.75) is 45.1 Å². The van der Waals surface area contributed by atoms with Gasteiger partial charge in [0.15, 0.2) is 0 Å². The number of rotatable bonds is 5. The fourth-order valence-corrected chi connectivity index (χ4v) is 2.00. The van der Waals surface area contributed by atoms with Crippen LogP contribution >= 0.6 is 0 Å². The summed E-state index contributed by atoms with van der Waals surface area (Å²) in [4.78, 5) is 0. The van der Waals surface area contributed by atoms with Crippen LogP contribution in [0.3, 0.4) is 0 Å². The molecular formula is C14H20O. The molecule has 1 aromatic rings. The third-order valence-corrected chi connectivity index (χ3v) is 3.16. The van der Waals surface area contributed by atoms with Crippen molar-refractivity contribution in [1.29, 1.82) is 0 Å². The zero-order chi connectivity index (χ0) is 10.7. The van der Waals surface area contributed by atoms with Crippen molar-refractivity contribution in [1.82, 2.24) is 0 Å². The van der Waals surface area contributed by atoms with Crippen LogP contribution in [0.4, 0.5) is 0 Å². The van der Waals surface area contributed by atoms with Crippen molar-refractivity contribution in [3.63, 3.8) is 0 Å². The van der Waals surface area contributed by atoms with E-state index in [1.807, 2.05) is 0 Å². The Morgan fingerprint density at radius 3 is 2.47 bits per heavy atom. The monoisotopic (exact) mass is 204 g/mol. The third-order valence-electron chi connectivity index (χ3n) is 3.16. The Balaban J connectivity index is 1.95. The van der Waals surface area contributed by atoms with Gasteiger partial charge >= 0.3 is 0 Å². The lowest BCUT2D eigenvalue weighted by atomic mass is 10.0. The molecule has 1 saturated carbocycles. The lowest BCUT2D eigenvalue weighted by molar-refractivity contribution is 0.160. The number of benzene rings is 1. The van der Waals surface area contributed by atoms with E-state index >= 15 is 0 Å². The highest BCUT2D eigenvalue weighted by atomic mass is 16.3. The summed E-state index contributed by atoms with van der Waals surface area (Å²) in [5, 5.41) is 9.95. The Kier molecular flexibility index (Phi) is 3.42. The number of hydrogen-bond donors (Lipinski definition) is 1. The number of aliphatic hydroxyl groups is 1. The second-order valence-corrected chi connectivity index (χ2v) is 4.69. The predicted molar refractivity (Wildman–Crippen MR) is 62.7 cm³/mol. The van der Waals surface area contributed by atoms with Gasteiger partial charge in [-0.15, -0.1) is 0 Å². The molecule has 1 aliphatic carbocycles. The van der Waals surface area contributed by atoms with Crippen LogP contribution in [0.25, 0.3) is 0 Å². The van der Waals surface area contributed by atoms with Gasteiger partial charge in [-0.2, -0.15) is 0 Å². The van der Waals surface area contributed by atoms with Gasteiger partial charge in [-0.05, 0) is 29.9 Å². The van der Waals surface area contributed by atoms with Crippen molar-refractivity contribution < 1.29 is 5.11 Å². The molecule has 1 atom stereocenters. The van der Waals surface area contributed by atoms with E-state index in [4.69, 9.17) is 0 Å². The van der Waals surface area contributed by atoms with Gasteiger partial charge in [0.1, 0.15) is 0 Å². The maximum atomic E-state index is 9.95. The maximum absolute atomic E-state index is 9.95. The minimum absolute atomic E-state index is 0.242. The van der Waals surface area contributed by atoms with Gasteiger partial charge in [-0.25, -0.2) is 0 Å². The van der Waals surface area contributed by atoms with Crippen LogP contribution in [-0.4, -0.2) is 5.11 Å². The number of aliphatic hydroxyl groups excluding tert-OH is 1. The molecule has 1 aromatic carbocycles. The van der Waals surface area contributed by atoms with Crippen LogP contribution in [0.5, 0.6) is 0 Å². The average molecular weight is 204 g/mol. The minimum atomic E-state index is -0.242. The van der Waals surface area contributed by atoms with Gasteiger partial charge in [0.2, 0.25) is 0 Å². The van der Waals surface area contributed by atoms with Gasteiger partial charge in [0.05, 0.1) is 6.10 Å². The first-order chi connectivity index (χ1) is 7.29. The Hall–Kier alpha value is -0.820. The Morgan fingerprint density at radius 2 is 1.93 bits per heavy atom. The number of aryl methyl sites for hydroxylation is 1. The van der Waals surface area contributed by atoms with Crippen LogP contribution in [0.1, 0.15) is 49.8 Å². The summed E-state index contributed by atoms with van der Waals surface area (Å²) in [7, 11) is 0. The molecule has 0 saturated heterocycles. The van der Waals surface area contributed by atoms with Crippen LogP contribution in [-0.2, 0) is 6.42 Å². The van der Waals surface area contributed by atoms with Gasteiger partial charge < -0.3 is 5.11 Å². The van der Waals surface area contributed by atoms with E-state index in [0.29, 0.717) is 0 Å². The van der Waals surface area contributed by atoms with Gasteiger partial charge in [-0.1, -0.05) is 50.5 Å². The van der Waals surface area contributed by atoms with Crippen LogP contribution in [0.2, 0.25) is 0 Å². The van der Waals surface area contributed by atoms with Crippen molar-refractivity contribution in [3.8, 4) is 0 Å². The number of hydrogen-bond acceptors (Lipinski definition) is 1. The highest BCUT2D eigenvalue weighted by molar-refractivity contribution is 5.24. The van der Waals surface area contributed by atoms with Gasteiger partial charge in [0, 0.05) is 0 Å². The summed E-state index contributed by atoms with van der Waals surface area (Å²) in [5.41, 5.74) is 2.46. The van der Waals surface area contributed by atoms with E-state index in [1.54, 1.807) is 0 Å². The molecule has 15 heavy (non-hydrogen) atoms. The first kappa shape index (κ1) is 10.7. The topological polar surface area (TPSA) is 20.2 Å². The summed E-state index contributed by atoms with van der Waals surface area (Å²) in [6.07, 6.45) is 5.65. The van der Waals surface area contributed by atoms with Crippen molar-refractivity contribution >= 4 is 0 Å².